The van der Waals surface area contributed by atoms with Crippen LogP contribution in [0.1, 0.15) is 50.9 Å². The van der Waals surface area contributed by atoms with Crippen LogP contribution in [-0.4, -0.2) is 28.0 Å². The molecule has 0 unspecified atom stereocenters. The second kappa shape index (κ2) is 6.63. The van der Waals surface area contributed by atoms with Gasteiger partial charge in [0.05, 0.1) is 5.56 Å². The van der Waals surface area contributed by atoms with Crippen LogP contribution in [0.15, 0.2) is 22.9 Å². The molecule has 1 aliphatic rings. The van der Waals surface area contributed by atoms with E-state index in [2.05, 4.69) is 59.2 Å². The number of hydrogen-bond acceptors (Lipinski definition) is 3. The maximum Gasteiger partial charge on any atom is 0.253 e. The van der Waals surface area contributed by atoms with E-state index < -0.39 is 0 Å². The van der Waals surface area contributed by atoms with Gasteiger partial charge in [0.1, 0.15) is 0 Å². The number of pyridine rings is 1. The highest BCUT2D eigenvalue weighted by Gasteiger charge is 2.38. The van der Waals surface area contributed by atoms with E-state index in [1.807, 2.05) is 0 Å². The minimum absolute atomic E-state index is 0. The number of hydrogen-bond donors (Lipinski definition) is 2. The van der Waals surface area contributed by atoms with Crippen molar-refractivity contribution < 1.29 is 4.79 Å². The molecule has 2 heterocycles. The Hall–Kier alpha value is -0.650. The largest absolute Gasteiger partial charge is 0.349 e. The van der Waals surface area contributed by atoms with Crippen LogP contribution in [0.5, 0.6) is 0 Å². The fraction of sp³-hybridized carbons (Fsp3) is 0.600. The van der Waals surface area contributed by atoms with Crippen molar-refractivity contribution in [2.24, 2.45) is 0 Å². The van der Waals surface area contributed by atoms with Gasteiger partial charge in [-0.2, -0.15) is 0 Å². The van der Waals surface area contributed by atoms with Crippen LogP contribution in [0.4, 0.5) is 0 Å². The molecule has 0 aliphatic carbocycles. The highest BCUT2D eigenvalue weighted by Crippen LogP contribution is 2.28. The molecule has 1 fully saturated rings. The van der Waals surface area contributed by atoms with Gasteiger partial charge in [-0.05, 0) is 62.5 Å². The summed E-state index contributed by atoms with van der Waals surface area (Å²) in [5.74, 6) is -0.0581. The van der Waals surface area contributed by atoms with E-state index in [1.54, 1.807) is 18.5 Å². The zero-order valence-electron chi connectivity index (χ0n) is 12.9. The lowest BCUT2D eigenvalue weighted by atomic mass is 9.79. The highest BCUT2D eigenvalue weighted by atomic mass is 79.9. The molecule has 2 rings (SSSR count). The zero-order chi connectivity index (χ0) is 15.0. The van der Waals surface area contributed by atoms with Gasteiger partial charge in [0.2, 0.25) is 0 Å². The Kier molecular flexibility index (Phi) is 5.81. The van der Waals surface area contributed by atoms with Gasteiger partial charge in [-0.25, -0.2) is 0 Å². The normalized spacial score (nSPS) is 20.4. The first-order chi connectivity index (χ1) is 9.17. The summed E-state index contributed by atoms with van der Waals surface area (Å²) >= 11 is 3.34. The smallest absolute Gasteiger partial charge is 0.253 e. The standard InChI is InChI=1S/C15H22BrN3O.ClH/c1-14(2)6-12(7-15(3,4)19-14)18-13(20)10-5-11(16)9-17-8-10;/h5,8-9,12,19H,6-7H2,1-4H3,(H,18,20);1H. The van der Waals surface area contributed by atoms with E-state index in [9.17, 15) is 4.79 Å². The molecule has 118 valence electrons. The third kappa shape index (κ3) is 5.24. The highest BCUT2D eigenvalue weighted by molar-refractivity contribution is 9.10. The van der Waals surface area contributed by atoms with E-state index in [1.165, 1.54) is 0 Å². The van der Waals surface area contributed by atoms with Gasteiger partial charge in [-0.15, -0.1) is 12.4 Å². The van der Waals surface area contributed by atoms with Crippen molar-refractivity contribution in [3.8, 4) is 0 Å². The number of piperidine rings is 1. The molecule has 0 radical (unpaired) electrons. The molecular weight excluding hydrogens is 354 g/mol. The van der Waals surface area contributed by atoms with Crippen molar-refractivity contribution in [2.45, 2.75) is 57.7 Å². The Bertz CT molecular complexity index is 503. The van der Waals surface area contributed by atoms with E-state index in [-0.39, 0.29) is 35.4 Å². The maximum absolute atomic E-state index is 12.3. The van der Waals surface area contributed by atoms with Crippen LogP contribution in [0.2, 0.25) is 0 Å². The van der Waals surface area contributed by atoms with Crippen molar-refractivity contribution in [2.75, 3.05) is 0 Å². The summed E-state index contributed by atoms with van der Waals surface area (Å²) in [5, 5.41) is 6.75. The van der Waals surface area contributed by atoms with Crippen LogP contribution in [0.3, 0.4) is 0 Å². The van der Waals surface area contributed by atoms with Crippen LogP contribution < -0.4 is 10.6 Å². The van der Waals surface area contributed by atoms with Gasteiger partial charge in [-0.3, -0.25) is 9.78 Å². The lowest BCUT2D eigenvalue weighted by Gasteiger charge is -2.46. The van der Waals surface area contributed by atoms with Crippen LogP contribution >= 0.6 is 28.3 Å². The van der Waals surface area contributed by atoms with Crippen LogP contribution in [0.25, 0.3) is 0 Å². The lowest BCUT2D eigenvalue weighted by molar-refractivity contribution is 0.0873. The van der Waals surface area contributed by atoms with Crippen molar-refractivity contribution in [3.05, 3.63) is 28.5 Å². The van der Waals surface area contributed by atoms with Crippen LogP contribution in [0, 0.1) is 0 Å². The first-order valence-electron chi connectivity index (χ1n) is 6.88. The van der Waals surface area contributed by atoms with Gasteiger partial charge in [0.15, 0.2) is 0 Å². The summed E-state index contributed by atoms with van der Waals surface area (Å²) in [5.41, 5.74) is 0.637. The predicted molar refractivity (Wildman–Crippen MR) is 91.0 cm³/mol. The number of carbonyl (C=O) groups excluding carboxylic acids is 1. The number of aromatic nitrogens is 1. The van der Waals surface area contributed by atoms with Crippen LogP contribution in [-0.2, 0) is 0 Å². The molecule has 0 bridgehead atoms. The molecule has 1 amide bonds. The number of nitrogens with zero attached hydrogens (tertiary/aromatic N) is 1. The third-order valence-electron chi connectivity index (χ3n) is 3.49. The molecule has 4 nitrogen and oxygen atoms in total. The predicted octanol–water partition coefficient (Wildman–Crippen LogP) is 3.30. The van der Waals surface area contributed by atoms with E-state index in [0.29, 0.717) is 5.56 Å². The Morgan fingerprint density at radius 3 is 2.38 bits per heavy atom. The molecule has 0 spiro atoms. The van der Waals surface area contributed by atoms with Crippen molar-refractivity contribution in [3.63, 3.8) is 0 Å². The minimum atomic E-state index is -0.0581. The van der Waals surface area contributed by atoms with Gasteiger partial charge < -0.3 is 10.6 Å². The monoisotopic (exact) mass is 375 g/mol. The molecular formula is C15H23BrClN3O. The molecule has 1 aromatic rings. The molecule has 21 heavy (non-hydrogen) atoms. The first kappa shape index (κ1) is 18.4. The van der Waals surface area contributed by atoms with Gasteiger partial charge >= 0.3 is 0 Å². The number of amides is 1. The summed E-state index contributed by atoms with van der Waals surface area (Å²) in [7, 11) is 0. The topological polar surface area (TPSA) is 54.0 Å². The van der Waals surface area contributed by atoms with Crippen molar-refractivity contribution >= 4 is 34.2 Å². The fourth-order valence-electron chi connectivity index (χ4n) is 3.23. The number of nitrogens with one attached hydrogen (secondary N) is 2. The van der Waals surface area contributed by atoms with Crippen molar-refractivity contribution in [1.82, 2.24) is 15.6 Å². The molecule has 0 atom stereocenters. The quantitative estimate of drug-likeness (QED) is 0.832. The van der Waals surface area contributed by atoms with Gasteiger partial charge in [0, 0.05) is 34.0 Å². The molecule has 1 saturated heterocycles. The fourth-order valence-corrected chi connectivity index (χ4v) is 3.59. The first-order valence-corrected chi connectivity index (χ1v) is 7.67. The average Bonchev–Trinajstić information content (AvgIpc) is 2.24. The second-order valence-corrected chi connectivity index (χ2v) is 7.78. The Balaban J connectivity index is 0.00000220. The van der Waals surface area contributed by atoms with E-state index in [4.69, 9.17) is 0 Å². The lowest BCUT2D eigenvalue weighted by Crippen LogP contribution is -2.62. The summed E-state index contributed by atoms with van der Waals surface area (Å²) in [4.78, 5) is 16.3. The summed E-state index contributed by atoms with van der Waals surface area (Å²) < 4.78 is 0.816. The Morgan fingerprint density at radius 1 is 1.29 bits per heavy atom. The van der Waals surface area contributed by atoms with Gasteiger partial charge in [0.25, 0.3) is 5.91 Å². The number of halogens is 2. The second-order valence-electron chi connectivity index (χ2n) is 6.86. The molecule has 1 aliphatic heterocycles. The zero-order valence-corrected chi connectivity index (χ0v) is 15.3. The summed E-state index contributed by atoms with van der Waals surface area (Å²) in [6.07, 6.45) is 5.11. The number of carbonyl (C=O) groups is 1. The van der Waals surface area contributed by atoms with Crippen molar-refractivity contribution in [1.29, 1.82) is 0 Å². The van der Waals surface area contributed by atoms with Gasteiger partial charge in [-0.1, -0.05) is 0 Å². The van der Waals surface area contributed by atoms with E-state index >= 15 is 0 Å². The average molecular weight is 377 g/mol. The molecule has 6 heteroatoms. The maximum atomic E-state index is 12.3. The molecule has 0 aromatic carbocycles. The number of rotatable bonds is 2. The SMILES string of the molecule is CC1(C)CC(NC(=O)c2cncc(Br)c2)CC(C)(C)N1.Cl. The summed E-state index contributed by atoms with van der Waals surface area (Å²) in [6.45, 7) is 8.70. The minimum Gasteiger partial charge on any atom is -0.349 e. The molecule has 1 aromatic heterocycles. The summed E-state index contributed by atoms with van der Waals surface area (Å²) in [6, 6.07) is 1.97. The molecule has 2 N–H and O–H groups in total. The Morgan fingerprint density at radius 2 is 1.86 bits per heavy atom. The Labute approximate surface area is 141 Å². The van der Waals surface area contributed by atoms with E-state index in [0.717, 1.165) is 17.3 Å². The molecule has 0 saturated carbocycles. The third-order valence-corrected chi connectivity index (χ3v) is 3.93.